The summed E-state index contributed by atoms with van der Waals surface area (Å²) >= 11 is 0. The van der Waals surface area contributed by atoms with Crippen LogP contribution in [0.2, 0.25) is 0 Å². The second-order valence-electron chi connectivity index (χ2n) is 4.01. The summed E-state index contributed by atoms with van der Waals surface area (Å²) in [6.45, 7) is 7.09. The van der Waals surface area contributed by atoms with Gasteiger partial charge in [0.05, 0.1) is 6.61 Å². The van der Waals surface area contributed by atoms with Crippen molar-refractivity contribution < 1.29 is 19.4 Å². The number of ether oxygens (including phenoxy) is 1. The molecule has 5 heteroatoms. The largest absolute Gasteiger partial charge is 0.480 e. The Morgan fingerprint density at radius 1 is 1.44 bits per heavy atom. The molecule has 0 bridgehead atoms. The third-order valence-corrected chi connectivity index (χ3v) is 2.40. The summed E-state index contributed by atoms with van der Waals surface area (Å²) in [5.74, 6) is -1.38. The van der Waals surface area contributed by atoms with Gasteiger partial charge in [-0.25, -0.2) is 0 Å². The van der Waals surface area contributed by atoms with Crippen LogP contribution in [-0.4, -0.2) is 35.2 Å². The summed E-state index contributed by atoms with van der Waals surface area (Å²) in [5.41, 5.74) is -1.08. The van der Waals surface area contributed by atoms with Gasteiger partial charge in [0.25, 0.3) is 0 Å². The smallest absolute Gasteiger partial charge is 0.323 e. The number of nitrogens with one attached hydrogen (secondary N) is 1. The van der Waals surface area contributed by atoms with E-state index in [0.29, 0.717) is 13.0 Å². The lowest BCUT2D eigenvalue weighted by molar-refractivity contribution is -0.149. The van der Waals surface area contributed by atoms with Crippen LogP contribution in [0.15, 0.2) is 0 Å². The standard InChI is InChI=1S/C11H21NO4/c1-5-7-11(4,10(14)15)12-8(3)9(13)16-6-2/h8,12H,5-7H2,1-4H3,(H,14,15). The van der Waals surface area contributed by atoms with Crippen molar-refractivity contribution in [3.05, 3.63) is 0 Å². The van der Waals surface area contributed by atoms with E-state index in [-0.39, 0.29) is 0 Å². The van der Waals surface area contributed by atoms with Crippen LogP contribution < -0.4 is 5.32 Å². The van der Waals surface area contributed by atoms with Gasteiger partial charge >= 0.3 is 11.9 Å². The van der Waals surface area contributed by atoms with Crippen molar-refractivity contribution in [3.63, 3.8) is 0 Å². The maximum atomic E-state index is 11.4. The first-order valence-electron chi connectivity index (χ1n) is 5.55. The maximum Gasteiger partial charge on any atom is 0.323 e. The van der Waals surface area contributed by atoms with E-state index in [1.807, 2.05) is 6.92 Å². The highest BCUT2D eigenvalue weighted by atomic mass is 16.5. The van der Waals surface area contributed by atoms with Gasteiger partial charge in [-0.15, -0.1) is 0 Å². The SMILES string of the molecule is CCCC(C)(NC(C)C(=O)OCC)C(=O)O. The molecule has 0 aromatic rings. The van der Waals surface area contributed by atoms with E-state index < -0.39 is 23.5 Å². The van der Waals surface area contributed by atoms with Gasteiger partial charge in [0.15, 0.2) is 0 Å². The highest BCUT2D eigenvalue weighted by Gasteiger charge is 2.35. The highest BCUT2D eigenvalue weighted by Crippen LogP contribution is 2.14. The lowest BCUT2D eigenvalue weighted by Crippen LogP contribution is -2.55. The third kappa shape index (κ3) is 4.18. The molecule has 0 fully saturated rings. The summed E-state index contributed by atoms with van der Waals surface area (Å²) in [6, 6.07) is -0.618. The van der Waals surface area contributed by atoms with Gasteiger partial charge in [-0.1, -0.05) is 13.3 Å². The lowest BCUT2D eigenvalue weighted by atomic mass is 9.95. The first-order chi connectivity index (χ1) is 7.37. The Hall–Kier alpha value is -1.10. The molecule has 0 aliphatic rings. The van der Waals surface area contributed by atoms with Crippen LogP contribution >= 0.6 is 0 Å². The molecular weight excluding hydrogens is 210 g/mol. The lowest BCUT2D eigenvalue weighted by Gasteiger charge is -2.28. The molecule has 0 heterocycles. The number of carbonyl (C=O) groups excluding carboxylic acids is 1. The summed E-state index contributed by atoms with van der Waals surface area (Å²) in [5, 5.41) is 11.9. The van der Waals surface area contributed by atoms with Crippen molar-refractivity contribution in [2.45, 2.75) is 52.1 Å². The number of hydrogen-bond acceptors (Lipinski definition) is 4. The molecule has 2 N–H and O–H groups in total. The van der Waals surface area contributed by atoms with Gasteiger partial charge in [-0.05, 0) is 27.2 Å². The van der Waals surface area contributed by atoms with Crippen LogP contribution in [0.5, 0.6) is 0 Å². The van der Waals surface area contributed by atoms with E-state index in [2.05, 4.69) is 5.32 Å². The highest BCUT2D eigenvalue weighted by molar-refractivity contribution is 5.81. The number of carboxylic acids is 1. The fraction of sp³-hybridized carbons (Fsp3) is 0.818. The predicted molar refractivity (Wildman–Crippen MR) is 60.2 cm³/mol. The fourth-order valence-electron chi connectivity index (χ4n) is 1.54. The molecule has 0 aliphatic heterocycles. The number of aliphatic carboxylic acids is 1. The average Bonchev–Trinajstić information content (AvgIpc) is 2.18. The number of hydrogen-bond donors (Lipinski definition) is 2. The second-order valence-corrected chi connectivity index (χ2v) is 4.01. The fourth-order valence-corrected chi connectivity index (χ4v) is 1.54. The number of carboxylic acid groups (broad SMARTS) is 1. The van der Waals surface area contributed by atoms with Crippen molar-refractivity contribution >= 4 is 11.9 Å². The Balaban J connectivity index is 4.51. The van der Waals surface area contributed by atoms with Crippen molar-refractivity contribution in [1.82, 2.24) is 5.32 Å². The van der Waals surface area contributed by atoms with Gasteiger partial charge in [0.2, 0.25) is 0 Å². The summed E-state index contributed by atoms with van der Waals surface area (Å²) in [4.78, 5) is 22.5. The van der Waals surface area contributed by atoms with E-state index in [0.717, 1.165) is 6.42 Å². The quantitative estimate of drug-likeness (QED) is 0.643. The first kappa shape index (κ1) is 14.9. The molecule has 0 aliphatic carbocycles. The first-order valence-corrected chi connectivity index (χ1v) is 5.55. The minimum Gasteiger partial charge on any atom is -0.480 e. The molecule has 16 heavy (non-hydrogen) atoms. The van der Waals surface area contributed by atoms with Crippen LogP contribution in [0, 0.1) is 0 Å². The molecule has 0 saturated heterocycles. The Bertz CT molecular complexity index is 254. The van der Waals surface area contributed by atoms with Gasteiger partial charge in [-0.3, -0.25) is 14.9 Å². The van der Waals surface area contributed by atoms with Gasteiger partial charge < -0.3 is 9.84 Å². The molecule has 0 rings (SSSR count). The molecule has 0 radical (unpaired) electrons. The summed E-state index contributed by atoms with van der Waals surface area (Å²) in [7, 11) is 0. The van der Waals surface area contributed by atoms with Crippen LogP contribution in [0.4, 0.5) is 0 Å². The average molecular weight is 231 g/mol. The minimum atomic E-state index is -1.08. The number of esters is 1. The van der Waals surface area contributed by atoms with Gasteiger partial charge in [0, 0.05) is 0 Å². The number of carbonyl (C=O) groups is 2. The zero-order chi connectivity index (χ0) is 12.8. The van der Waals surface area contributed by atoms with Gasteiger partial charge in [-0.2, -0.15) is 0 Å². The Morgan fingerprint density at radius 3 is 2.38 bits per heavy atom. The molecule has 2 atom stereocenters. The molecule has 0 saturated carbocycles. The van der Waals surface area contributed by atoms with Crippen molar-refractivity contribution in [2.24, 2.45) is 0 Å². The van der Waals surface area contributed by atoms with E-state index in [1.165, 1.54) is 0 Å². The van der Waals surface area contributed by atoms with E-state index in [4.69, 9.17) is 9.84 Å². The molecule has 94 valence electrons. The van der Waals surface area contributed by atoms with Crippen LogP contribution in [-0.2, 0) is 14.3 Å². The maximum absolute atomic E-state index is 11.4. The van der Waals surface area contributed by atoms with E-state index in [1.54, 1.807) is 20.8 Å². The topological polar surface area (TPSA) is 75.6 Å². The Labute approximate surface area is 96.2 Å². The molecule has 0 aromatic carbocycles. The molecule has 5 nitrogen and oxygen atoms in total. The third-order valence-electron chi connectivity index (χ3n) is 2.40. The molecule has 0 spiro atoms. The summed E-state index contributed by atoms with van der Waals surface area (Å²) < 4.78 is 4.81. The summed E-state index contributed by atoms with van der Waals surface area (Å²) in [6.07, 6.45) is 1.19. The normalized spacial score (nSPS) is 16.2. The molecular formula is C11H21NO4. The molecule has 2 unspecified atom stereocenters. The predicted octanol–water partition coefficient (Wildman–Crippen LogP) is 1.17. The van der Waals surface area contributed by atoms with Crippen molar-refractivity contribution in [3.8, 4) is 0 Å². The molecule has 0 amide bonds. The Kier molecular flexibility index (Phi) is 6.03. The zero-order valence-corrected chi connectivity index (χ0v) is 10.4. The molecule has 0 aromatic heterocycles. The Morgan fingerprint density at radius 2 is 2.00 bits per heavy atom. The monoisotopic (exact) mass is 231 g/mol. The van der Waals surface area contributed by atoms with Crippen LogP contribution in [0.1, 0.15) is 40.5 Å². The minimum absolute atomic E-state index is 0.294. The zero-order valence-electron chi connectivity index (χ0n) is 10.4. The second kappa shape index (κ2) is 6.48. The van der Waals surface area contributed by atoms with Crippen molar-refractivity contribution in [2.75, 3.05) is 6.61 Å². The van der Waals surface area contributed by atoms with Crippen LogP contribution in [0.3, 0.4) is 0 Å². The number of rotatable bonds is 7. The van der Waals surface area contributed by atoms with E-state index >= 15 is 0 Å². The van der Waals surface area contributed by atoms with Crippen LogP contribution in [0.25, 0.3) is 0 Å². The van der Waals surface area contributed by atoms with E-state index in [9.17, 15) is 9.59 Å². The van der Waals surface area contributed by atoms with Gasteiger partial charge in [0.1, 0.15) is 11.6 Å². The van der Waals surface area contributed by atoms with Crippen molar-refractivity contribution in [1.29, 1.82) is 0 Å².